The number of nitrogen functional groups attached to an aromatic ring is 1. The Morgan fingerprint density at radius 1 is 1.44 bits per heavy atom. The second kappa shape index (κ2) is 4.09. The molecule has 3 N–H and O–H groups in total. The number of halogens is 4. The average molecular weight is 256 g/mol. The Bertz CT molecular complexity index is 433. The monoisotopic (exact) mass is 255 g/mol. The van der Waals surface area contributed by atoms with E-state index in [4.69, 9.17) is 22.4 Å². The van der Waals surface area contributed by atoms with Crippen molar-refractivity contribution in [1.29, 1.82) is 0 Å². The van der Waals surface area contributed by atoms with Gasteiger partial charge < -0.3 is 15.6 Å². The molecule has 1 aromatic rings. The number of carbonyl (C=O) groups is 1. The Labute approximate surface area is 92.4 Å². The van der Waals surface area contributed by atoms with Gasteiger partial charge in [0.25, 0.3) is 0 Å². The molecular formula is C8H5ClF3NO3. The van der Waals surface area contributed by atoms with Crippen LogP contribution >= 0.6 is 11.6 Å². The summed E-state index contributed by atoms with van der Waals surface area (Å²) in [5, 5.41) is 8.29. The number of anilines is 1. The molecule has 88 valence electrons. The number of hydrogen-bond donors (Lipinski definition) is 2. The van der Waals surface area contributed by atoms with E-state index in [2.05, 4.69) is 4.74 Å². The first-order valence-electron chi connectivity index (χ1n) is 3.79. The van der Waals surface area contributed by atoms with Gasteiger partial charge in [-0.2, -0.15) is 0 Å². The molecule has 0 bridgehead atoms. The molecule has 1 rings (SSSR count). The lowest BCUT2D eigenvalue weighted by Crippen LogP contribution is -2.20. The van der Waals surface area contributed by atoms with E-state index < -0.39 is 29.3 Å². The van der Waals surface area contributed by atoms with Crippen LogP contribution in [0.2, 0.25) is 5.02 Å². The van der Waals surface area contributed by atoms with Crippen molar-refractivity contribution >= 4 is 23.3 Å². The van der Waals surface area contributed by atoms with Gasteiger partial charge in [0, 0.05) is 0 Å². The Kier molecular flexibility index (Phi) is 3.18. The van der Waals surface area contributed by atoms with Gasteiger partial charge >= 0.3 is 12.3 Å². The van der Waals surface area contributed by atoms with Crippen LogP contribution in [-0.4, -0.2) is 17.4 Å². The lowest BCUT2D eigenvalue weighted by Gasteiger charge is -2.14. The molecule has 0 fully saturated rings. The molecule has 0 saturated heterocycles. The predicted octanol–water partition coefficient (Wildman–Crippen LogP) is 2.52. The number of nitrogens with two attached hydrogens (primary N) is 1. The molecule has 4 nitrogen and oxygen atoms in total. The van der Waals surface area contributed by atoms with Crippen LogP contribution in [0.1, 0.15) is 10.4 Å². The molecule has 16 heavy (non-hydrogen) atoms. The van der Waals surface area contributed by atoms with Crippen LogP contribution in [0, 0.1) is 0 Å². The number of aromatic carboxylic acids is 1. The van der Waals surface area contributed by atoms with Gasteiger partial charge in [0.1, 0.15) is 5.56 Å². The van der Waals surface area contributed by atoms with Gasteiger partial charge in [0.15, 0.2) is 5.75 Å². The zero-order chi connectivity index (χ0) is 12.5. The van der Waals surface area contributed by atoms with E-state index in [0.29, 0.717) is 0 Å². The lowest BCUT2D eigenvalue weighted by atomic mass is 10.1. The summed E-state index contributed by atoms with van der Waals surface area (Å²) < 4.78 is 39.5. The second-order valence-electron chi connectivity index (χ2n) is 2.69. The van der Waals surface area contributed by atoms with Crippen molar-refractivity contribution in [2.45, 2.75) is 6.36 Å². The van der Waals surface area contributed by atoms with Gasteiger partial charge in [-0.3, -0.25) is 0 Å². The first kappa shape index (κ1) is 12.4. The summed E-state index contributed by atoms with van der Waals surface area (Å²) in [6, 6.07) is 2.10. The van der Waals surface area contributed by atoms with Crippen LogP contribution in [-0.2, 0) is 0 Å². The van der Waals surface area contributed by atoms with Crippen LogP contribution in [0.5, 0.6) is 5.75 Å². The van der Waals surface area contributed by atoms with Gasteiger partial charge in [0.2, 0.25) is 0 Å². The lowest BCUT2D eigenvalue weighted by molar-refractivity contribution is -0.274. The molecule has 0 saturated carbocycles. The summed E-state index contributed by atoms with van der Waals surface area (Å²) in [6.07, 6.45) is -5.04. The number of hydrogen-bond acceptors (Lipinski definition) is 3. The highest BCUT2D eigenvalue weighted by Gasteiger charge is 2.34. The molecule has 0 heterocycles. The Morgan fingerprint density at radius 2 is 2.00 bits per heavy atom. The molecule has 0 aromatic heterocycles. The summed E-state index contributed by atoms with van der Waals surface area (Å²) in [5.41, 5.74) is 3.91. The van der Waals surface area contributed by atoms with Crippen molar-refractivity contribution in [3.63, 3.8) is 0 Å². The molecule has 0 amide bonds. The van der Waals surface area contributed by atoms with E-state index in [-0.39, 0.29) is 5.02 Å². The fourth-order valence-corrected chi connectivity index (χ4v) is 1.23. The summed E-state index contributed by atoms with van der Waals surface area (Å²) in [5.74, 6) is -2.66. The van der Waals surface area contributed by atoms with Crippen molar-refractivity contribution in [2.75, 3.05) is 5.73 Å². The smallest absolute Gasteiger partial charge is 0.477 e. The highest BCUT2D eigenvalue weighted by Crippen LogP contribution is 2.36. The fraction of sp³-hybridized carbons (Fsp3) is 0.125. The van der Waals surface area contributed by atoms with Crippen LogP contribution in [0.4, 0.5) is 18.9 Å². The maximum Gasteiger partial charge on any atom is 0.573 e. The fourth-order valence-electron chi connectivity index (χ4n) is 1.000. The quantitative estimate of drug-likeness (QED) is 0.797. The summed E-state index contributed by atoms with van der Waals surface area (Å²) in [4.78, 5) is 10.7. The van der Waals surface area contributed by atoms with Gasteiger partial charge in [-0.25, -0.2) is 4.79 Å². The van der Waals surface area contributed by atoms with Crippen molar-refractivity contribution < 1.29 is 27.8 Å². The molecule has 0 aliphatic carbocycles. The molecule has 0 aliphatic rings. The Morgan fingerprint density at radius 3 is 2.44 bits per heavy atom. The highest BCUT2D eigenvalue weighted by atomic mass is 35.5. The van der Waals surface area contributed by atoms with E-state index in [1.54, 1.807) is 0 Å². The summed E-state index contributed by atoms with van der Waals surface area (Å²) >= 11 is 5.44. The van der Waals surface area contributed by atoms with Crippen molar-refractivity contribution in [3.8, 4) is 5.75 Å². The largest absolute Gasteiger partial charge is 0.573 e. The normalized spacial score (nSPS) is 11.2. The van der Waals surface area contributed by atoms with E-state index in [1.807, 2.05) is 0 Å². The van der Waals surface area contributed by atoms with Crippen molar-refractivity contribution in [1.82, 2.24) is 0 Å². The summed E-state index contributed by atoms with van der Waals surface area (Å²) in [6.45, 7) is 0. The highest BCUT2D eigenvalue weighted by molar-refractivity contribution is 6.34. The van der Waals surface area contributed by atoms with Gasteiger partial charge in [-0.1, -0.05) is 11.6 Å². The number of ether oxygens (including phenoxy) is 1. The second-order valence-corrected chi connectivity index (χ2v) is 3.10. The number of carboxylic acid groups (broad SMARTS) is 1. The van der Waals surface area contributed by atoms with E-state index in [1.165, 1.54) is 0 Å². The predicted molar refractivity (Wildman–Crippen MR) is 49.5 cm³/mol. The molecule has 0 radical (unpaired) electrons. The van der Waals surface area contributed by atoms with Gasteiger partial charge in [0.05, 0.1) is 10.7 Å². The summed E-state index contributed by atoms with van der Waals surface area (Å²) in [7, 11) is 0. The van der Waals surface area contributed by atoms with Crippen LogP contribution in [0.15, 0.2) is 12.1 Å². The molecule has 8 heteroatoms. The minimum atomic E-state index is -5.04. The van der Waals surface area contributed by atoms with Crippen LogP contribution in [0.3, 0.4) is 0 Å². The molecule has 0 atom stereocenters. The first-order chi connectivity index (χ1) is 7.22. The third-order valence-electron chi connectivity index (χ3n) is 1.57. The van der Waals surface area contributed by atoms with Gasteiger partial charge in [-0.15, -0.1) is 13.2 Å². The maximum atomic E-state index is 12.0. The SMILES string of the molecule is Nc1ccc(Cl)c(C(=O)O)c1OC(F)(F)F. The van der Waals surface area contributed by atoms with E-state index in [0.717, 1.165) is 12.1 Å². The third kappa shape index (κ3) is 2.69. The Balaban J connectivity index is 3.35. The number of rotatable bonds is 2. The topological polar surface area (TPSA) is 72.6 Å². The van der Waals surface area contributed by atoms with E-state index >= 15 is 0 Å². The average Bonchev–Trinajstić information content (AvgIpc) is 2.08. The number of alkyl halides is 3. The zero-order valence-corrected chi connectivity index (χ0v) is 8.26. The molecule has 1 aromatic carbocycles. The Hall–Kier alpha value is -1.63. The van der Waals surface area contributed by atoms with Crippen LogP contribution in [0.25, 0.3) is 0 Å². The minimum absolute atomic E-state index is 0.388. The van der Waals surface area contributed by atoms with Crippen molar-refractivity contribution in [2.24, 2.45) is 0 Å². The van der Waals surface area contributed by atoms with Gasteiger partial charge in [-0.05, 0) is 12.1 Å². The van der Waals surface area contributed by atoms with Crippen LogP contribution < -0.4 is 10.5 Å². The maximum absolute atomic E-state index is 12.0. The molecule has 0 aliphatic heterocycles. The zero-order valence-electron chi connectivity index (χ0n) is 7.51. The van der Waals surface area contributed by atoms with E-state index in [9.17, 15) is 18.0 Å². The molecule has 0 unspecified atom stereocenters. The number of carboxylic acids is 1. The molecule has 0 spiro atoms. The number of benzene rings is 1. The van der Waals surface area contributed by atoms with Crippen molar-refractivity contribution in [3.05, 3.63) is 22.7 Å². The first-order valence-corrected chi connectivity index (χ1v) is 4.17. The molecular weight excluding hydrogens is 251 g/mol. The standard InChI is InChI=1S/C8H5ClF3NO3/c9-3-1-2-4(13)6(5(3)7(14)15)16-8(10,11)12/h1-2H,13H2,(H,14,15). The minimum Gasteiger partial charge on any atom is -0.477 e. The third-order valence-corrected chi connectivity index (χ3v) is 1.88.